The Labute approximate surface area is 98.2 Å². The lowest BCUT2D eigenvalue weighted by Crippen LogP contribution is -2.21. The summed E-state index contributed by atoms with van der Waals surface area (Å²) < 4.78 is 1.95. The lowest BCUT2D eigenvalue weighted by Gasteiger charge is -2.21. The van der Waals surface area contributed by atoms with Crippen LogP contribution < -0.4 is 11.1 Å². The molecule has 4 heteroatoms. The van der Waals surface area contributed by atoms with E-state index in [4.69, 9.17) is 5.73 Å². The van der Waals surface area contributed by atoms with Crippen molar-refractivity contribution >= 4 is 11.5 Å². The standard InChI is InChI=1S/C12H24N4/c1-8(2)16-11(10(13)9(3)15-16)14-7-12(4,5)6/h8,14H,7,13H2,1-6H3. The highest BCUT2D eigenvalue weighted by atomic mass is 15.4. The van der Waals surface area contributed by atoms with Crippen LogP contribution in [0, 0.1) is 12.3 Å². The lowest BCUT2D eigenvalue weighted by molar-refractivity contribution is 0.438. The minimum atomic E-state index is 0.229. The average molecular weight is 224 g/mol. The van der Waals surface area contributed by atoms with Crippen molar-refractivity contribution in [2.75, 3.05) is 17.6 Å². The highest BCUT2D eigenvalue weighted by Crippen LogP contribution is 2.26. The first kappa shape index (κ1) is 12.9. The summed E-state index contributed by atoms with van der Waals surface area (Å²) >= 11 is 0. The maximum absolute atomic E-state index is 6.02. The molecule has 0 fully saturated rings. The molecule has 16 heavy (non-hydrogen) atoms. The normalized spacial score (nSPS) is 12.2. The van der Waals surface area contributed by atoms with E-state index in [0.29, 0.717) is 6.04 Å². The van der Waals surface area contributed by atoms with Gasteiger partial charge in [0.1, 0.15) is 5.82 Å². The van der Waals surface area contributed by atoms with E-state index in [9.17, 15) is 0 Å². The van der Waals surface area contributed by atoms with Gasteiger partial charge >= 0.3 is 0 Å². The molecule has 0 saturated carbocycles. The second kappa shape index (κ2) is 4.36. The third-order valence-electron chi connectivity index (χ3n) is 2.41. The Bertz CT molecular complexity index is 358. The van der Waals surface area contributed by atoms with Gasteiger partial charge in [0.15, 0.2) is 0 Å². The molecule has 3 N–H and O–H groups in total. The van der Waals surface area contributed by atoms with Crippen LogP contribution >= 0.6 is 0 Å². The first-order valence-electron chi connectivity index (χ1n) is 5.81. The third kappa shape index (κ3) is 2.90. The van der Waals surface area contributed by atoms with Crippen molar-refractivity contribution in [1.82, 2.24) is 9.78 Å². The van der Waals surface area contributed by atoms with Crippen molar-refractivity contribution in [3.8, 4) is 0 Å². The summed E-state index contributed by atoms with van der Waals surface area (Å²) in [7, 11) is 0. The van der Waals surface area contributed by atoms with E-state index in [1.165, 1.54) is 0 Å². The van der Waals surface area contributed by atoms with Crippen LogP contribution in [-0.2, 0) is 0 Å². The van der Waals surface area contributed by atoms with Crippen LogP contribution in [-0.4, -0.2) is 16.3 Å². The van der Waals surface area contributed by atoms with Gasteiger partial charge in [0.2, 0.25) is 0 Å². The predicted molar refractivity (Wildman–Crippen MR) is 69.7 cm³/mol. The molecule has 0 aliphatic heterocycles. The van der Waals surface area contributed by atoms with Gasteiger partial charge in [-0.15, -0.1) is 0 Å². The first-order valence-corrected chi connectivity index (χ1v) is 5.81. The molecule has 1 heterocycles. The van der Waals surface area contributed by atoms with Crippen LogP contribution in [0.2, 0.25) is 0 Å². The van der Waals surface area contributed by atoms with Crippen LogP contribution in [0.3, 0.4) is 0 Å². The molecule has 1 rings (SSSR count). The number of anilines is 2. The molecule has 0 aliphatic rings. The Morgan fingerprint density at radius 1 is 1.38 bits per heavy atom. The Morgan fingerprint density at radius 2 is 1.94 bits per heavy atom. The number of nitrogen functional groups attached to an aromatic ring is 1. The van der Waals surface area contributed by atoms with Gasteiger partial charge in [0.05, 0.1) is 11.4 Å². The van der Waals surface area contributed by atoms with Gasteiger partial charge in [-0.1, -0.05) is 20.8 Å². The van der Waals surface area contributed by atoms with Crippen LogP contribution in [0.1, 0.15) is 46.4 Å². The summed E-state index contributed by atoms with van der Waals surface area (Å²) in [6.45, 7) is 13.6. The number of aryl methyl sites for hydroxylation is 1. The van der Waals surface area contributed by atoms with Crippen molar-refractivity contribution in [3.63, 3.8) is 0 Å². The molecule has 92 valence electrons. The molecule has 1 aromatic rings. The topological polar surface area (TPSA) is 55.9 Å². The summed E-state index contributed by atoms with van der Waals surface area (Å²) in [4.78, 5) is 0. The summed E-state index contributed by atoms with van der Waals surface area (Å²) in [5.74, 6) is 0.947. The number of hydrogen-bond acceptors (Lipinski definition) is 3. The van der Waals surface area contributed by atoms with Crippen molar-refractivity contribution in [2.45, 2.75) is 47.6 Å². The Balaban J connectivity index is 2.93. The van der Waals surface area contributed by atoms with Gasteiger partial charge in [-0.2, -0.15) is 5.10 Å². The quantitative estimate of drug-likeness (QED) is 0.830. The number of nitrogens with zero attached hydrogens (tertiary/aromatic N) is 2. The molecule has 0 unspecified atom stereocenters. The van der Waals surface area contributed by atoms with E-state index in [1.54, 1.807) is 0 Å². The number of aromatic nitrogens is 2. The molecule has 0 bridgehead atoms. The molecule has 0 aromatic carbocycles. The van der Waals surface area contributed by atoms with Crippen LogP contribution in [0.5, 0.6) is 0 Å². The maximum atomic E-state index is 6.02. The molecule has 0 spiro atoms. The highest BCUT2D eigenvalue weighted by Gasteiger charge is 2.17. The van der Waals surface area contributed by atoms with Gasteiger partial charge < -0.3 is 11.1 Å². The summed E-state index contributed by atoms with van der Waals surface area (Å²) in [5, 5.41) is 7.84. The van der Waals surface area contributed by atoms with Gasteiger partial charge in [-0.05, 0) is 26.2 Å². The van der Waals surface area contributed by atoms with Crippen LogP contribution in [0.15, 0.2) is 0 Å². The molecular formula is C12H24N4. The monoisotopic (exact) mass is 224 g/mol. The SMILES string of the molecule is Cc1nn(C(C)C)c(NCC(C)(C)C)c1N. The maximum Gasteiger partial charge on any atom is 0.148 e. The van der Waals surface area contributed by atoms with E-state index >= 15 is 0 Å². The van der Waals surface area contributed by atoms with E-state index in [2.05, 4.69) is 45.0 Å². The highest BCUT2D eigenvalue weighted by molar-refractivity contribution is 5.64. The number of nitrogens with two attached hydrogens (primary N) is 1. The molecule has 0 atom stereocenters. The van der Waals surface area contributed by atoms with E-state index in [-0.39, 0.29) is 5.41 Å². The van der Waals surface area contributed by atoms with Crippen molar-refractivity contribution < 1.29 is 0 Å². The van der Waals surface area contributed by atoms with Gasteiger partial charge in [0, 0.05) is 12.6 Å². The summed E-state index contributed by atoms with van der Waals surface area (Å²) in [6, 6.07) is 0.318. The number of hydrogen-bond donors (Lipinski definition) is 2. The fourth-order valence-electron chi connectivity index (χ4n) is 1.46. The Morgan fingerprint density at radius 3 is 2.38 bits per heavy atom. The molecule has 0 saturated heterocycles. The van der Waals surface area contributed by atoms with Crippen LogP contribution in [0.25, 0.3) is 0 Å². The third-order valence-corrected chi connectivity index (χ3v) is 2.41. The lowest BCUT2D eigenvalue weighted by atomic mass is 9.97. The fraction of sp³-hybridized carbons (Fsp3) is 0.750. The number of rotatable bonds is 3. The number of nitrogens with one attached hydrogen (secondary N) is 1. The summed E-state index contributed by atoms with van der Waals surface area (Å²) in [5.41, 5.74) is 7.91. The predicted octanol–water partition coefficient (Wildman–Crippen LogP) is 2.81. The van der Waals surface area contributed by atoms with E-state index in [0.717, 1.165) is 23.7 Å². The van der Waals surface area contributed by atoms with Crippen molar-refractivity contribution in [3.05, 3.63) is 5.69 Å². The van der Waals surface area contributed by atoms with Crippen molar-refractivity contribution in [2.24, 2.45) is 5.41 Å². The molecule has 0 amide bonds. The molecule has 4 nitrogen and oxygen atoms in total. The Hall–Kier alpha value is -1.19. The smallest absolute Gasteiger partial charge is 0.148 e. The van der Waals surface area contributed by atoms with Gasteiger partial charge in [-0.3, -0.25) is 0 Å². The zero-order valence-electron chi connectivity index (χ0n) is 11.3. The van der Waals surface area contributed by atoms with E-state index in [1.807, 2.05) is 11.6 Å². The Kier molecular flexibility index (Phi) is 3.51. The minimum absolute atomic E-state index is 0.229. The second-order valence-electron chi connectivity index (χ2n) is 5.80. The average Bonchev–Trinajstić information content (AvgIpc) is 2.39. The second-order valence-corrected chi connectivity index (χ2v) is 5.80. The van der Waals surface area contributed by atoms with Crippen molar-refractivity contribution in [1.29, 1.82) is 0 Å². The molecular weight excluding hydrogens is 200 g/mol. The minimum Gasteiger partial charge on any atom is -0.394 e. The zero-order valence-corrected chi connectivity index (χ0v) is 11.3. The van der Waals surface area contributed by atoms with Gasteiger partial charge in [0.25, 0.3) is 0 Å². The molecule has 1 aromatic heterocycles. The van der Waals surface area contributed by atoms with Crippen LogP contribution in [0.4, 0.5) is 11.5 Å². The largest absolute Gasteiger partial charge is 0.394 e. The van der Waals surface area contributed by atoms with Gasteiger partial charge in [-0.25, -0.2) is 4.68 Å². The van der Waals surface area contributed by atoms with E-state index < -0.39 is 0 Å². The fourth-order valence-corrected chi connectivity index (χ4v) is 1.46. The molecule has 0 radical (unpaired) electrons. The molecule has 0 aliphatic carbocycles. The summed E-state index contributed by atoms with van der Waals surface area (Å²) in [6.07, 6.45) is 0. The zero-order chi connectivity index (χ0) is 12.5. The first-order chi connectivity index (χ1) is 7.22.